The number of aromatic nitrogens is 2. The van der Waals surface area contributed by atoms with Crippen LogP contribution in [0.1, 0.15) is 56.6 Å². The topological polar surface area (TPSA) is 87.4 Å². The number of aryl methyl sites for hydroxylation is 1. The minimum Gasteiger partial charge on any atom is -0.505 e. The Kier molecular flexibility index (Phi) is 8.28. The van der Waals surface area contributed by atoms with Crippen LogP contribution in [-0.4, -0.2) is 68.8 Å². The number of pyridine rings is 1. The molecule has 0 aliphatic carbocycles. The van der Waals surface area contributed by atoms with Crippen LogP contribution >= 0.6 is 0 Å². The Morgan fingerprint density at radius 1 is 1.11 bits per heavy atom. The number of carbonyl (C=O) groups excluding carboxylic acids is 2. The lowest BCUT2D eigenvalue weighted by Gasteiger charge is -2.27. The van der Waals surface area contributed by atoms with Gasteiger partial charge in [0.1, 0.15) is 17.1 Å². The number of rotatable bonds is 11. The summed E-state index contributed by atoms with van der Waals surface area (Å²) >= 11 is 0. The molecule has 3 aromatic rings. The van der Waals surface area contributed by atoms with Crippen molar-refractivity contribution in [3.63, 3.8) is 0 Å². The summed E-state index contributed by atoms with van der Waals surface area (Å²) < 4.78 is 7.59. The smallest absolute Gasteiger partial charge is 0.295 e. The molecule has 1 aliphatic heterocycles. The maximum absolute atomic E-state index is 13.5. The van der Waals surface area contributed by atoms with E-state index in [9.17, 15) is 14.7 Å². The van der Waals surface area contributed by atoms with Crippen molar-refractivity contribution in [1.82, 2.24) is 19.2 Å². The van der Waals surface area contributed by atoms with Crippen LogP contribution in [0, 0.1) is 6.92 Å². The molecule has 4 rings (SSSR count). The van der Waals surface area contributed by atoms with Crippen LogP contribution in [0.5, 0.6) is 5.75 Å². The summed E-state index contributed by atoms with van der Waals surface area (Å²) in [4.78, 5) is 35.2. The van der Waals surface area contributed by atoms with E-state index in [2.05, 4.69) is 23.7 Å². The number of nitrogens with zero attached hydrogens (tertiary/aromatic N) is 4. The number of hydrogen-bond acceptors (Lipinski definition) is 6. The molecule has 8 nitrogen and oxygen atoms in total. The number of aliphatic hydroxyl groups is 1. The van der Waals surface area contributed by atoms with Gasteiger partial charge in [-0.1, -0.05) is 39.0 Å². The first-order valence-electron chi connectivity index (χ1n) is 13.1. The fourth-order valence-electron chi connectivity index (χ4n) is 4.98. The number of benzene rings is 1. The first-order valence-corrected chi connectivity index (χ1v) is 13.1. The number of hydrogen-bond donors (Lipinski definition) is 1. The van der Waals surface area contributed by atoms with Crippen molar-refractivity contribution in [1.29, 1.82) is 0 Å². The van der Waals surface area contributed by atoms with E-state index in [-0.39, 0.29) is 11.3 Å². The second-order valence-electron chi connectivity index (χ2n) is 9.27. The lowest BCUT2D eigenvalue weighted by molar-refractivity contribution is -0.140. The van der Waals surface area contributed by atoms with E-state index in [1.54, 1.807) is 22.4 Å². The molecule has 1 N–H and O–H groups in total. The number of imidazole rings is 1. The van der Waals surface area contributed by atoms with Crippen molar-refractivity contribution < 1.29 is 19.4 Å². The molecule has 0 bridgehead atoms. The first-order chi connectivity index (χ1) is 17.9. The van der Waals surface area contributed by atoms with Gasteiger partial charge in [0.2, 0.25) is 0 Å². The zero-order chi connectivity index (χ0) is 26.5. The highest BCUT2D eigenvalue weighted by Gasteiger charge is 2.46. The summed E-state index contributed by atoms with van der Waals surface area (Å²) in [5.41, 5.74) is 2.45. The van der Waals surface area contributed by atoms with Crippen LogP contribution in [0.15, 0.2) is 54.2 Å². The molecule has 1 amide bonds. The van der Waals surface area contributed by atoms with Crippen LogP contribution in [0.25, 0.3) is 11.4 Å². The van der Waals surface area contributed by atoms with E-state index in [0.717, 1.165) is 31.6 Å². The van der Waals surface area contributed by atoms with E-state index in [1.807, 2.05) is 49.4 Å². The van der Waals surface area contributed by atoms with E-state index >= 15 is 0 Å². The molecule has 1 fully saturated rings. The van der Waals surface area contributed by atoms with Crippen molar-refractivity contribution in [2.75, 3.05) is 32.8 Å². The molecule has 1 atom stereocenters. The van der Waals surface area contributed by atoms with E-state index in [1.165, 1.54) is 0 Å². The fraction of sp³-hybridized carbons (Fsp3) is 0.414. The Labute approximate surface area is 218 Å². The van der Waals surface area contributed by atoms with E-state index in [4.69, 9.17) is 4.74 Å². The average Bonchev–Trinajstić information content (AvgIpc) is 3.38. The zero-order valence-electron chi connectivity index (χ0n) is 22.1. The third kappa shape index (κ3) is 5.25. The van der Waals surface area contributed by atoms with Gasteiger partial charge in [-0.15, -0.1) is 0 Å². The van der Waals surface area contributed by atoms with E-state index in [0.29, 0.717) is 42.4 Å². The molecule has 2 aromatic heterocycles. The number of carbonyl (C=O) groups is 2. The summed E-state index contributed by atoms with van der Waals surface area (Å²) in [6.07, 6.45) is 3.37. The maximum Gasteiger partial charge on any atom is 0.295 e. The third-order valence-electron chi connectivity index (χ3n) is 6.88. The predicted octanol–water partition coefficient (Wildman–Crippen LogP) is 4.59. The average molecular weight is 505 g/mol. The lowest BCUT2D eigenvalue weighted by Crippen LogP contribution is -2.33. The normalized spacial score (nSPS) is 17.3. The van der Waals surface area contributed by atoms with Crippen molar-refractivity contribution in [2.45, 2.75) is 46.6 Å². The zero-order valence-corrected chi connectivity index (χ0v) is 22.1. The fourth-order valence-corrected chi connectivity index (χ4v) is 4.98. The molecule has 0 saturated carbocycles. The molecule has 1 aliphatic rings. The van der Waals surface area contributed by atoms with Crippen LogP contribution in [0.3, 0.4) is 0 Å². The van der Waals surface area contributed by atoms with Gasteiger partial charge >= 0.3 is 0 Å². The Bertz CT molecular complexity index is 1310. The molecular weight excluding hydrogens is 468 g/mol. The SMILES string of the molecule is CCCOc1cccc(C2C(=C(O)c3c(C)nc4ccccn34)C(=O)C(=O)N2CCCN(CC)CC)c1. The van der Waals surface area contributed by atoms with Gasteiger partial charge in [-0.2, -0.15) is 0 Å². The van der Waals surface area contributed by atoms with Crippen LogP contribution < -0.4 is 4.74 Å². The predicted molar refractivity (Wildman–Crippen MR) is 144 cm³/mol. The molecule has 8 heteroatoms. The van der Waals surface area contributed by atoms with Crippen LogP contribution in [0.2, 0.25) is 0 Å². The maximum atomic E-state index is 13.5. The highest BCUT2D eigenvalue weighted by molar-refractivity contribution is 6.46. The largest absolute Gasteiger partial charge is 0.505 e. The standard InChI is InChI=1S/C29H36N4O4/c1-5-18-37-22-13-10-12-21(19-22)26-24(27(34)25-20(4)30-23-14-8-9-16-32(23)25)28(35)29(36)33(26)17-11-15-31(6-2)7-3/h8-10,12-14,16,19,26,34H,5-7,11,15,17-18H2,1-4H3. The Hall–Kier alpha value is -3.65. The number of ether oxygens (including phenoxy) is 1. The van der Waals surface area contributed by atoms with E-state index < -0.39 is 17.7 Å². The molecule has 0 spiro atoms. The molecule has 0 radical (unpaired) electrons. The highest BCUT2D eigenvalue weighted by atomic mass is 16.5. The van der Waals surface area contributed by atoms with Gasteiger partial charge in [-0.25, -0.2) is 4.98 Å². The third-order valence-corrected chi connectivity index (χ3v) is 6.88. The highest BCUT2D eigenvalue weighted by Crippen LogP contribution is 2.40. The van der Waals surface area contributed by atoms with Crippen molar-refractivity contribution >= 4 is 23.1 Å². The lowest BCUT2D eigenvalue weighted by atomic mass is 9.96. The molecule has 196 valence electrons. The Morgan fingerprint density at radius 3 is 2.62 bits per heavy atom. The van der Waals surface area contributed by atoms with Gasteiger partial charge in [0.05, 0.1) is 23.9 Å². The minimum atomic E-state index is -0.726. The number of Topliss-reactive ketones (excluding diaryl/α,β-unsaturated/α-hetero) is 1. The number of likely N-dealkylation sites (tertiary alicyclic amines) is 1. The summed E-state index contributed by atoms with van der Waals surface area (Å²) in [6, 6.07) is 12.3. The molecular formula is C29H36N4O4. The van der Waals surface area contributed by atoms with Gasteiger partial charge < -0.3 is 19.6 Å². The van der Waals surface area contributed by atoms with Crippen molar-refractivity contribution in [3.8, 4) is 5.75 Å². The van der Waals surface area contributed by atoms with Crippen LogP contribution in [0.4, 0.5) is 0 Å². The summed E-state index contributed by atoms with van der Waals surface area (Å²) in [5, 5.41) is 11.6. The van der Waals surface area contributed by atoms with Gasteiger partial charge in [0.15, 0.2) is 5.76 Å². The number of ketones is 1. The Morgan fingerprint density at radius 2 is 1.89 bits per heavy atom. The van der Waals surface area contributed by atoms with Gasteiger partial charge in [0, 0.05) is 12.7 Å². The molecule has 1 saturated heterocycles. The monoisotopic (exact) mass is 504 g/mol. The number of amides is 1. The van der Waals surface area contributed by atoms with Gasteiger partial charge in [-0.05, 0) is 69.2 Å². The van der Waals surface area contributed by atoms with Gasteiger partial charge in [-0.3, -0.25) is 14.0 Å². The molecule has 1 unspecified atom stereocenters. The molecule has 37 heavy (non-hydrogen) atoms. The number of aliphatic hydroxyl groups excluding tert-OH is 1. The minimum absolute atomic E-state index is 0.0780. The summed E-state index contributed by atoms with van der Waals surface area (Å²) in [6.45, 7) is 11.7. The quantitative estimate of drug-likeness (QED) is 0.234. The van der Waals surface area contributed by atoms with Crippen molar-refractivity contribution in [3.05, 3.63) is 71.2 Å². The number of fused-ring (bicyclic) bond motifs is 1. The second-order valence-corrected chi connectivity index (χ2v) is 9.27. The van der Waals surface area contributed by atoms with Crippen LogP contribution in [-0.2, 0) is 9.59 Å². The first kappa shape index (κ1) is 26.4. The Balaban J connectivity index is 1.81. The molecule has 3 heterocycles. The molecule has 1 aromatic carbocycles. The van der Waals surface area contributed by atoms with Gasteiger partial charge in [0.25, 0.3) is 11.7 Å². The van der Waals surface area contributed by atoms with Crippen molar-refractivity contribution in [2.24, 2.45) is 0 Å². The summed E-state index contributed by atoms with van der Waals surface area (Å²) in [5.74, 6) is -0.835. The second kappa shape index (κ2) is 11.6. The summed E-state index contributed by atoms with van der Waals surface area (Å²) in [7, 11) is 0.